The van der Waals surface area contributed by atoms with Crippen LogP contribution in [0.1, 0.15) is 10.4 Å². The molecule has 3 nitrogen and oxygen atoms in total. The van der Waals surface area contributed by atoms with Gasteiger partial charge < -0.3 is 10.2 Å². The second-order valence-corrected chi connectivity index (χ2v) is 3.91. The van der Waals surface area contributed by atoms with E-state index in [4.69, 9.17) is 15.4 Å². The van der Waals surface area contributed by atoms with Gasteiger partial charge in [0.05, 0.1) is 16.8 Å². The third-order valence-corrected chi connectivity index (χ3v) is 3.27. The first-order chi connectivity index (χ1) is 6.74. The van der Waals surface area contributed by atoms with Crippen molar-refractivity contribution in [3.63, 3.8) is 0 Å². The number of anilines is 1. The van der Waals surface area contributed by atoms with Gasteiger partial charge in [-0.2, -0.15) is 5.26 Å². The summed E-state index contributed by atoms with van der Waals surface area (Å²) in [5.41, 5.74) is 7.24. The Labute approximate surface area is 85.4 Å². The normalized spacial score (nSPS) is 10.0. The second-order valence-electron chi connectivity index (χ2n) is 2.89. The van der Waals surface area contributed by atoms with Crippen molar-refractivity contribution in [2.75, 3.05) is 5.73 Å². The molecule has 2 N–H and O–H groups in total. The van der Waals surface area contributed by atoms with Crippen molar-refractivity contribution in [3.8, 4) is 16.7 Å². The highest BCUT2D eigenvalue weighted by molar-refractivity contribution is 7.16. The maximum atomic E-state index is 8.80. The van der Waals surface area contributed by atoms with Crippen molar-refractivity contribution in [2.24, 2.45) is 0 Å². The van der Waals surface area contributed by atoms with Crippen LogP contribution in [-0.2, 0) is 0 Å². The van der Waals surface area contributed by atoms with Gasteiger partial charge in [-0.15, -0.1) is 11.3 Å². The van der Waals surface area contributed by atoms with Gasteiger partial charge in [-0.3, -0.25) is 0 Å². The standard InChI is InChI=1S/C10H8N2OS/c1-6-9(12)8(5-11)14-10(6)7-3-2-4-13-7/h2-4H,12H2,1H3. The molecular formula is C10H8N2OS. The molecule has 0 spiro atoms. The van der Waals surface area contributed by atoms with Crippen molar-refractivity contribution >= 4 is 17.0 Å². The highest BCUT2D eigenvalue weighted by Crippen LogP contribution is 2.37. The van der Waals surface area contributed by atoms with Crippen molar-refractivity contribution in [2.45, 2.75) is 6.92 Å². The van der Waals surface area contributed by atoms with Crippen molar-refractivity contribution in [3.05, 3.63) is 28.8 Å². The Bertz CT molecular complexity index is 491. The molecule has 0 fully saturated rings. The molecule has 2 aromatic heterocycles. The highest BCUT2D eigenvalue weighted by Gasteiger charge is 2.14. The summed E-state index contributed by atoms with van der Waals surface area (Å²) in [5.74, 6) is 0.765. The highest BCUT2D eigenvalue weighted by atomic mass is 32.1. The zero-order valence-corrected chi connectivity index (χ0v) is 8.39. The topological polar surface area (TPSA) is 63.0 Å². The molecule has 14 heavy (non-hydrogen) atoms. The molecule has 0 aliphatic rings. The molecule has 0 amide bonds. The minimum absolute atomic E-state index is 0.550. The lowest BCUT2D eigenvalue weighted by Gasteiger charge is -1.93. The van der Waals surface area contributed by atoms with E-state index in [9.17, 15) is 0 Å². The lowest BCUT2D eigenvalue weighted by atomic mass is 10.2. The Hall–Kier alpha value is -1.73. The third-order valence-electron chi connectivity index (χ3n) is 2.04. The van der Waals surface area contributed by atoms with Crippen LogP contribution in [0, 0.1) is 18.3 Å². The van der Waals surface area contributed by atoms with Gasteiger partial charge in [0, 0.05) is 0 Å². The van der Waals surface area contributed by atoms with Crippen molar-refractivity contribution < 1.29 is 4.42 Å². The summed E-state index contributed by atoms with van der Waals surface area (Å²) in [6.45, 7) is 1.89. The number of nitrogens with zero attached hydrogens (tertiary/aromatic N) is 1. The lowest BCUT2D eigenvalue weighted by molar-refractivity contribution is 0.583. The maximum absolute atomic E-state index is 8.80. The summed E-state index contributed by atoms with van der Waals surface area (Å²) in [6.07, 6.45) is 1.61. The quantitative estimate of drug-likeness (QED) is 0.776. The lowest BCUT2D eigenvalue weighted by Crippen LogP contribution is -1.86. The van der Waals surface area contributed by atoms with Crippen LogP contribution in [0.2, 0.25) is 0 Å². The van der Waals surface area contributed by atoms with E-state index in [2.05, 4.69) is 6.07 Å². The smallest absolute Gasteiger partial charge is 0.144 e. The van der Waals surface area contributed by atoms with Gasteiger partial charge in [-0.05, 0) is 24.6 Å². The van der Waals surface area contributed by atoms with Crippen LogP contribution in [0.5, 0.6) is 0 Å². The third kappa shape index (κ3) is 1.19. The number of nitriles is 1. The number of nitrogens with two attached hydrogens (primary N) is 1. The van der Waals surface area contributed by atoms with Gasteiger partial charge >= 0.3 is 0 Å². The van der Waals surface area contributed by atoms with E-state index in [1.807, 2.05) is 19.1 Å². The first kappa shape index (κ1) is 8.85. The van der Waals surface area contributed by atoms with Crippen LogP contribution in [0.15, 0.2) is 22.8 Å². The fraction of sp³-hybridized carbons (Fsp3) is 0.100. The van der Waals surface area contributed by atoms with Gasteiger partial charge in [0.25, 0.3) is 0 Å². The van der Waals surface area contributed by atoms with Crippen LogP contribution < -0.4 is 5.73 Å². The van der Waals surface area contributed by atoms with Gasteiger partial charge in [0.2, 0.25) is 0 Å². The molecule has 0 bridgehead atoms. The van der Waals surface area contributed by atoms with Gasteiger partial charge in [-0.25, -0.2) is 0 Å². The van der Waals surface area contributed by atoms with Crippen molar-refractivity contribution in [1.82, 2.24) is 0 Å². The SMILES string of the molecule is Cc1c(-c2ccco2)sc(C#N)c1N. The number of thiophene rings is 1. The van der Waals surface area contributed by atoms with Crippen molar-refractivity contribution in [1.29, 1.82) is 5.26 Å². The van der Waals surface area contributed by atoms with Crippen LogP contribution in [0.25, 0.3) is 10.6 Å². The molecule has 70 valence electrons. The molecule has 0 aromatic carbocycles. The Kier molecular flexibility index (Phi) is 2.02. The molecule has 0 atom stereocenters. The first-order valence-corrected chi connectivity index (χ1v) is 4.88. The van der Waals surface area contributed by atoms with E-state index in [1.165, 1.54) is 11.3 Å². The second kappa shape index (κ2) is 3.20. The van der Waals surface area contributed by atoms with E-state index < -0.39 is 0 Å². The molecule has 2 heterocycles. The molecule has 2 rings (SSSR count). The number of rotatable bonds is 1. The zero-order valence-electron chi connectivity index (χ0n) is 7.57. The molecule has 0 aliphatic carbocycles. The Balaban J connectivity index is 2.62. The molecular weight excluding hydrogens is 196 g/mol. The first-order valence-electron chi connectivity index (χ1n) is 4.07. The zero-order chi connectivity index (χ0) is 10.1. The summed E-state index contributed by atoms with van der Waals surface area (Å²) in [6, 6.07) is 5.75. The van der Waals surface area contributed by atoms with E-state index in [1.54, 1.807) is 6.26 Å². The molecule has 2 aromatic rings. The average molecular weight is 204 g/mol. The van der Waals surface area contributed by atoms with Crippen LogP contribution in [-0.4, -0.2) is 0 Å². The number of hydrogen-bond donors (Lipinski definition) is 1. The number of nitrogen functional groups attached to an aromatic ring is 1. The summed E-state index contributed by atoms with van der Waals surface area (Å²) >= 11 is 1.36. The van der Waals surface area contributed by atoms with Gasteiger partial charge in [-0.1, -0.05) is 0 Å². The molecule has 0 radical (unpaired) electrons. The van der Waals surface area contributed by atoms with Gasteiger partial charge in [0.1, 0.15) is 16.7 Å². The van der Waals surface area contributed by atoms with E-state index in [0.717, 1.165) is 16.2 Å². The van der Waals surface area contributed by atoms with E-state index >= 15 is 0 Å². The number of furan rings is 1. The monoisotopic (exact) mass is 204 g/mol. The van der Waals surface area contributed by atoms with E-state index in [-0.39, 0.29) is 0 Å². The summed E-state index contributed by atoms with van der Waals surface area (Å²) in [7, 11) is 0. The fourth-order valence-corrected chi connectivity index (χ4v) is 2.24. The predicted octanol–water partition coefficient (Wildman–Crippen LogP) is 2.77. The summed E-state index contributed by atoms with van der Waals surface area (Å²) < 4.78 is 5.26. The average Bonchev–Trinajstić information content (AvgIpc) is 2.78. The fourth-order valence-electron chi connectivity index (χ4n) is 1.25. The summed E-state index contributed by atoms with van der Waals surface area (Å²) in [4.78, 5) is 1.48. The molecule has 0 aliphatic heterocycles. The maximum Gasteiger partial charge on any atom is 0.144 e. The summed E-state index contributed by atoms with van der Waals surface area (Å²) in [5, 5.41) is 8.80. The molecule has 0 unspecified atom stereocenters. The minimum atomic E-state index is 0.550. The minimum Gasteiger partial charge on any atom is -0.464 e. The molecule has 4 heteroatoms. The Morgan fingerprint density at radius 3 is 2.86 bits per heavy atom. The number of hydrogen-bond acceptors (Lipinski definition) is 4. The molecule has 0 saturated heterocycles. The van der Waals surface area contributed by atoms with Crippen LogP contribution >= 0.6 is 11.3 Å². The Morgan fingerprint density at radius 2 is 2.36 bits per heavy atom. The molecule has 0 saturated carbocycles. The predicted molar refractivity (Wildman–Crippen MR) is 55.9 cm³/mol. The Morgan fingerprint density at radius 1 is 1.57 bits per heavy atom. The van der Waals surface area contributed by atoms with Gasteiger partial charge in [0.15, 0.2) is 0 Å². The largest absolute Gasteiger partial charge is 0.464 e. The van der Waals surface area contributed by atoms with Crippen LogP contribution in [0.4, 0.5) is 5.69 Å². The van der Waals surface area contributed by atoms with E-state index in [0.29, 0.717) is 10.6 Å². The van der Waals surface area contributed by atoms with Crippen LogP contribution in [0.3, 0.4) is 0 Å².